The standard InChI is InChI=1S/C20H21BrN2O4/c1-26-17-9-5-6-13(19(17)27-2)11-22-20(25)14-10-18(24)23(12-14)16-8-4-3-7-15(16)21/h3-9,14H,10-12H2,1-2H3,(H,22,25). The highest BCUT2D eigenvalue weighted by molar-refractivity contribution is 9.10. The fraction of sp³-hybridized carbons (Fsp3) is 0.300. The Bertz CT molecular complexity index is 856. The average Bonchev–Trinajstić information content (AvgIpc) is 3.07. The topological polar surface area (TPSA) is 67.9 Å². The molecule has 1 fully saturated rings. The predicted octanol–water partition coefficient (Wildman–Crippen LogP) is 3.14. The fourth-order valence-electron chi connectivity index (χ4n) is 3.21. The summed E-state index contributed by atoms with van der Waals surface area (Å²) in [7, 11) is 3.13. The highest BCUT2D eigenvalue weighted by Gasteiger charge is 2.35. The van der Waals surface area contributed by atoms with Gasteiger partial charge in [0.25, 0.3) is 0 Å². The van der Waals surface area contributed by atoms with Crippen molar-refractivity contribution in [3.63, 3.8) is 0 Å². The Kier molecular flexibility index (Phi) is 6.01. The number of carbonyl (C=O) groups is 2. The summed E-state index contributed by atoms with van der Waals surface area (Å²) >= 11 is 3.46. The molecule has 2 aromatic carbocycles. The number of hydrogen-bond acceptors (Lipinski definition) is 4. The lowest BCUT2D eigenvalue weighted by Gasteiger charge is -2.18. The van der Waals surface area contributed by atoms with Gasteiger partial charge in [0.2, 0.25) is 11.8 Å². The molecule has 1 N–H and O–H groups in total. The van der Waals surface area contributed by atoms with Gasteiger partial charge in [0.1, 0.15) is 0 Å². The minimum absolute atomic E-state index is 0.0546. The van der Waals surface area contributed by atoms with Crippen LogP contribution in [0.15, 0.2) is 46.9 Å². The lowest BCUT2D eigenvalue weighted by molar-refractivity contribution is -0.126. The summed E-state index contributed by atoms with van der Waals surface area (Å²) in [5.41, 5.74) is 1.60. The van der Waals surface area contributed by atoms with Gasteiger partial charge in [0.05, 0.1) is 25.8 Å². The van der Waals surface area contributed by atoms with Crippen LogP contribution in [0.4, 0.5) is 5.69 Å². The van der Waals surface area contributed by atoms with Crippen molar-refractivity contribution in [2.45, 2.75) is 13.0 Å². The number of carbonyl (C=O) groups excluding carboxylic acids is 2. The average molecular weight is 433 g/mol. The lowest BCUT2D eigenvalue weighted by atomic mass is 10.1. The number of para-hydroxylation sites is 2. The van der Waals surface area contributed by atoms with Gasteiger partial charge < -0.3 is 19.7 Å². The van der Waals surface area contributed by atoms with E-state index in [9.17, 15) is 9.59 Å². The van der Waals surface area contributed by atoms with E-state index in [4.69, 9.17) is 9.47 Å². The Morgan fingerprint density at radius 3 is 2.67 bits per heavy atom. The molecule has 1 atom stereocenters. The maximum atomic E-state index is 12.6. The number of ether oxygens (including phenoxy) is 2. The quantitative estimate of drug-likeness (QED) is 0.760. The molecule has 27 heavy (non-hydrogen) atoms. The second kappa shape index (κ2) is 8.43. The molecule has 0 saturated carbocycles. The van der Waals surface area contributed by atoms with E-state index in [0.29, 0.717) is 24.6 Å². The van der Waals surface area contributed by atoms with Crippen molar-refractivity contribution in [1.29, 1.82) is 0 Å². The first-order chi connectivity index (χ1) is 13.0. The van der Waals surface area contributed by atoms with Crippen molar-refractivity contribution in [2.24, 2.45) is 5.92 Å². The summed E-state index contributed by atoms with van der Waals surface area (Å²) in [6.07, 6.45) is 0.197. The van der Waals surface area contributed by atoms with Gasteiger partial charge in [-0.25, -0.2) is 0 Å². The van der Waals surface area contributed by atoms with Crippen molar-refractivity contribution in [2.75, 3.05) is 25.7 Å². The van der Waals surface area contributed by atoms with Crippen LogP contribution in [0.1, 0.15) is 12.0 Å². The Labute approximate surface area is 166 Å². The minimum Gasteiger partial charge on any atom is -0.493 e. The number of amides is 2. The molecule has 1 heterocycles. The van der Waals surface area contributed by atoms with Crippen molar-refractivity contribution in [3.8, 4) is 11.5 Å². The molecule has 0 radical (unpaired) electrons. The van der Waals surface area contributed by atoms with Crippen molar-refractivity contribution in [1.82, 2.24) is 5.32 Å². The Morgan fingerprint density at radius 1 is 1.19 bits per heavy atom. The summed E-state index contributed by atoms with van der Waals surface area (Å²) in [5.74, 6) is 0.614. The molecule has 7 heteroatoms. The molecule has 3 rings (SSSR count). The molecular formula is C20H21BrN2O4. The first-order valence-corrected chi connectivity index (χ1v) is 9.37. The van der Waals surface area contributed by atoms with E-state index in [-0.39, 0.29) is 24.2 Å². The zero-order valence-corrected chi connectivity index (χ0v) is 16.8. The largest absolute Gasteiger partial charge is 0.493 e. The third kappa shape index (κ3) is 4.08. The molecule has 0 bridgehead atoms. The number of nitrogens with one attached hydrogen (secondary N) is 1. The Morgan fingerprint density at radius 2 is 1.96 bits per heavy atom. The number of benzene rings is 2. The van der Waals surface area contributed by atoms with Gasteiger partial charge >= 0.3 is 0 Å². The number of rotatable bonds is 6. The second-order valence-corrected chi connectivity index (χ2v) is 7.08. The van der Waals surface area contributed by atoms with Gasteiger partial charge in [0, 0.05) is 29.5 Å². The second-order valence-electron chi connectivity index (χ2n) is 6.23. The molecule has 0 aliphatic carbocycles. The number of nitrogens with zero attached hydrogens (tertiary/aromatic N) is 1. The molecule has 1 aliphatic rings. The number of halogens is 1. The molecule has 2 amide bonds. The maximum Gasteiger partial charge on any atom is 0.227 e. The van der Waals surface area contributed by atoms with E-state index in [1.807, 2.05) is 36.4 Å². The number of anilines is 1. The summed E-state index contributed by atoms with van der Waals surface area (Å²) in [5, 5.41) is 2.91. The summed E-state index contributed by atoms with van der Waals surface area (Å²) in [6, 6.07) is 13.0. The molecule has 142 valence electrons. The van der Waals surface area contributed by atoms with Crippen LogP contribution in [-0.2, 0) is 16.1 Å². The van der Waals surface area contributed by atoms with Gasteiger partial charge in [-0.15, -0.1) is 0 Å². The van der Waals surface area contributed by atoms with Crippen LogP contribution in [0.2, 0.25) is 0 Å². The van der Waals surface area contributed by atoms with E-state index in [1.165, 1.54) is 0 Å². The molecule has 1 unspecified atom stereocenters. The molecule has 0 spiro atoms. The third-order valence-electron chi connectivity index (χ3n) is 4.58. The van der Waals surface area contributed by atoms with Crippen LogP contribution in [0.25, 0.3) is 0 Å². The molecule has 2 aromatic rings. The fourth-order valence-corrected chi connectivity index (χ4v) is 3.71. The normalized spacial score (nSPS) is 16.3. The zero-order chi connectivity index (χ0) is 19.4. The predicted molar refractivity (Wildman–Crippen MR) is 106 cm³/mol. The van der Waals surface area contributed by atoms with E-state index in [2.05, 4.69) is 21.2 Å². The van der Waals surface area contributed by atoms with Crippen LogP contribution in [0.5, 0.6) is 11.5 Å². The van der Waals surface area contributed by atoms with E-state index >= 15 is 0 Å². The van der Waals surface area contributed by atoms with Crippen molar-refractivity contribution in [3.05, 3.63) is 52.5 Å². The minimum atomic E-state index is -0.388. The summed E-state index contributed by atoms with van der Waals surface area (Å²) in [6.45, 7) is 0.668. The van der Waals surface area contributed by atoms with Gasteiger partial charge in [-0.2, -0.15) is 0 Å². The SMILES string of the molecule is COc1cccc(CNC(=O)C2CC(=O)N(c3ccccc3Br)C2)c1OC. The van der Waals surface area contributed by atoms with Crippen molar-refractivity contribution >= 4 is 33.4 Å². The summed E-state index contributed by atoms with van der Waals surface area (Å²) in [4.78, 5) is 26.6. The molecule has 6 nitrogen and oxygen atoms in total. The Balaban J connectivity index is 1.66. The highest BCUT2D eigenvalue weighted by Crippen LogP contribution is 2.32. The van der Waals surface area contributed by atoms with E-state index in [0.717, 1.165) is 15.7 Å². The first-order valence-electron chi connectivity index (χ1n) is 8.57. The molecule has 0 aromatic heterocycles. The highest BCUT2D eigenvalue weighted by atomic mass is 79.9. The Hall–Kier alpha value is -2.54. The van der Waals surface area contributed by atoms with E-state index in [1.54, 1.807) is 25.2 Å². The number of hydrogen-bond donors (Lipinski definition) is 1. The van der Waals surface area contributed by atoms with Crippen LogP contribution in [-0.4, -0.2) is 32.6 Å². The van der Waals surface area contributed by atoms with Gasteiger partial charge in [-0.05, 0) is 34.1 Å². The van der Waals surface area contributed by atoms with Gasteiger partial charge in [0.15, 0.2) is 11.5 Å². The zero-order valence-electron chi connectivity index (χ0n) is 15.2. The first kappa shape index (κ1) is 19.2. The smallest absolute Gasteiger partial charge is 0.227 e. The van der Waals surface area contributed by atoms with Gasteiger partial charge in [-0.3, -0.25) is 9.59 Å². The maximum absolute atomic E-state index is 12.6. The van der Waals surface area contributed by atoms with E-state index < -0.39 is 0 Å². The molecule has 1 saturated heterocycles. The monoisotopic (exact) mass is 432 g/mol. The van der Waals surface area contributed by atoms with Gasteiger partial charge in [-0.1, -0.05) is 24.3 Å². The van der Waals surface area contributed by atoms with Crippen LogP contribution in [0, 0.1) is 5.92 Å². The lowest BCUT2D eigenvalue weighted by Crippen LogP contribution is -2.32. The third-order valence-corrected chi connectivity index (χ3v) is 5.25. The van der Waals surface area contributed by atoms with Crippen LogP contribution >= 0.6 is 15.9 Å². The molecule has 1 aliphatic heterocycles. The van der Waals surface area contributed by atoms with Crippen LogP contribution in [0.3, 0.4) is 0 Å². The summed E-state index contributed by atoms with van der Waals surface area (Å²) < 4.78 is 11.5. The molecular weight excluding hydrogens is 412 g/mol. The van der Waals surface area contributed by atoms with Crippen molar-refractivity contribution < 1.29 is 19.1 Å². The number of methoxy groups -OCH3 is 2. The van der Waals surface area contributed by atoms with Crippen LogP contribution < -0.4 is 19.7 Å².